The lowest BCUT2D eigenvalue weighted by atomic mass is 10.2. The van der Waals surface area contributed by atoms with E-state index in [0.717, 1.165) is 10.1 Å². The maximum atomic E-state index is 13.0. The molecule has 1 heterocycles. The molecule has 2 aromatic carbocycles. The van der Waals surface area contributed by atoms with Gasteiger partial charge >= 0.3 is 5.69 Å². The number of nitrogens with one attached hydrogen (secondary N) is 1. The van der Waals surface area contributed by atoms with Crippen molar-refractivity contribution in [2.24, 2.45) is 14.1 Å². The third-order valence-electron chi connectivity index (χ3n) is 4.31. The van der Waals surface area contributed by atoms with Crippen LogP contribution in [0.1, 0.15) is 11.1 Å². The van der Waals surface area contributed by atoms with E-state index >= 15 is 0 Å². The Morgan fingerprint density at radius 1 is 1.13 bits per heavy atom. The van der Waals surface area contributed by atoms with Gasteiger partial charge in [-0.2, -0.15) is 0 Å². The Morgan fingerprint density at radius 2 is 1.87 bits per heavy atom. The van der Waals surface area contributed by atoms with Crippen LogP contribution in [-0.4, -0.2) is 15.0 Å². The average Bonchev–Trinajstić information content (AvgIpc) is 2.74. The van der Waals surface area contributed by atoms with Crippen LogP contribution in [0, 0.1) is 5.82 Å². The second-order valence-corrected chi connectivity index (χ2v) is 6.61. The molecule has 3 aromatic rings. The van der Waals surface area contributed by atoms with Crippen LogP contribution in [-0.2, 0) is 25.5 Å². The van der Waals surface area contributed by atoms with Gasteiger partial charge in [-0.05, 0) is 35.9 Å². The molecule has 0 aliphatic carbocycles. The molecule has 0 saturated heterocycles. The highest BCUT2D eigenvalue weighted by molar-refractivity contribution is 6.01. The highest BCUT2D eigenvalue weighted by Gasteiger charge is 2.05. The first kappa shape index (κ1) is 20.8. The summed E-state index contributed by atoms with van der Waals surface area (Å²) in [5.74, 6) is -0.221. The SMILES string of the molecule is Cn1cc(/C=C/C(=O)Nc2cccc(OCc3ccc(F)cc3)c2)c(=O)n(C)c1=O. The molecule has 0 saturated carbocycles. The normalized spacial score (nSPS) is 10.9. The fourth-order valence-corrected chi connectivity index (χ4v) is 2.71. The smallest absolute Gasteiger partial charge is 0.330 e. The van der Waals surface area contributed by atoms with Crippen LogP contribution in [0.3, 0.4) is 0 Å². The Kier molecular flexibility index (Phi) is 6.26. The highest BCUT2D eigenvalue weighted by Crippen LogP contribution is 2.19. The number of halogens is 1. The molecule has 1 amide bonds. The van der Waals surface area contributed by atoms with Crippen molar-refractivity contribution >= 4 is 17.7 Å². The zero-order valence-electron chi connectivity index (χ0n) is 16.5. The molecule has 3 rings (SSSR count). The third-order valence-corrected chi connectivity index (χ3v) is 4.31. The Labute approximate surface area is 171 Å². The molecule has 8 heteroatoms. The minimum Gasteiger partial charge on any atom is -0.489 e. The predicted octanol–water partition coefficient (Wildman–Crippen LogP) is 2.45. The van der Waals surface area contributed by atoms with E-state index in [-0.39, 0.29) is 18.0 Å². The number of aryl methyl sites for hydroxylation is 1. The van der Waals surface area contributed by atoms with Crippen molar-refractivity contribution < 1.29 is 13.9 Å². The molecule has 1 aromatic heterocycles. The zero-order chi connectivity index (χ0) is 21.7. The Hall–Kier alpha value is -3.94. The minimum atomic E-state index is -0.488. The van der Waals surface area contributed by atoms with Crippen LogP contribution in [0.15, 0.2) is 70.4 Å². The van der Waals surface area contributed by atoms with Crippen molar-refractivity contribution in [2.75, 3.05) is 5.32 Å². The first-order valence-corrected chi connectivity index (χ1v) is 9.06. The summed E-state index contributed by atoms with van der Waals surface area (Å²) in [7, 11) is 2.90. The molecule has 30 heavy (non-hydrogen) atoms. The topological polar surface area (TPSA) is 82.3 Å². The van der Waals surface area contributed by atoms with Crippen LogP contribution in [0.4, 0.5) is 10.1 Å². The summed E-state index contributed by atoms with van der Waals surface area (Å²) in [6.07, 6.45) is 3.94. The summed E-state index contributed by atoms with van der Waals surface area (Å²) >= 11 is 0. The van der Waals surface area contributed by atoms with Crippen LogP contribution in [0.25, 0.3) is 6.08 Å². The van der Waals surface area contributed by atoms with Gasteiger partial charge in [-0.1, -0.05) is 18.2 Å². The fourth-order valence-electron chi connectivity index (χ4n) is 2.71. The summed E-state index contributed by atoms with van der Waals surface area (Å²) in [5, 5.41) is 2.69. The summed E-state index contributed by atoms with van der Waals surface area (Å²) in [5.41, 5.74) is 0.603. The number of rotatable bonds is 6. The molecule has 154 valence electrons. The lowest BCUT2D eigenvalue weighted by Crippen LogP contribution is -2.37. The number of ether oxygens (including phenoxy) is 1. The minimum absolute atomic E-state index is 0.214. The quantitative estimate of drug-likeness (QED) is 0.634. The van der Waals surface area contributed by atoms with E-state index in [1.807, 2.05) is 0 Å². The van der Waals surface area contributed by atoms with Gasteiger partial charge in [0.25, 0.3) is 5.56 Å². The predicted molar refractivity (Wildman–Crippen MR) is 112 cm³/mol. The van der Waals surface area contributed by atoms with Crippen molar-refractivity contribution in [1.29, 1.82) is 0 Å². The van der Waals surface area contributed by atoms with Gasteiger partial charge in [0.05, 0.1) is 5.56 Å². The summed E-state index contributed by atoms with van der Waals surface area (Å²) < 4.78 is 20.9. The van der Waals surface area contributed by atoms with Gasteiger partial charge in [0, 0.05) is 38.1 Å². The summed E-state index contributed by atoms with van der Waals surface area (Å²) in [6.45, 7) is 0.258. The van der Waals surface area contributed by atoms with Crippen molar-refractivity contribution in [1.82, 2.24) is 9.13 Å². The van der Waals surface area contributed by atoms with E-state index < -0.39 is 17.2 Å². The van der Waals surface area contributed by atoms with Gasteiger partial charge in [-0.25, -0.2) is 9.18 Å². The van der Waals surface area contributed by atoms with E-state index in [9.17, 15) is 18.8 Å². The van der Waals surface area contributed by atoms with E-state index in [2.05, 4.69) is 5.32 Å². The number of benzene rings is 2. The molecule has 0 radical (unpaired) electrons. The number of amides is 1. The maximum Gasteiger partial charge on any atom is 0.330 e. The van der Waals surface area contributed by atoms with Crippen molar-refractivity contribution in [3.63, 3.8) is 0 Å². The third kappa shape index (κ3) is 5.11. The molecule has 0 unspecified atom stereocenters. The van der Waals surface area contributed by atoms with Crippen LogP contribution < -0.4 is 21.3 Å². The number of nitrogens with zero attached hydrogens (tertiary/aromatic N) is 2. The number of hydrogen-bond acceptors (Lipinski definition) is 4. The lowest BCUT2D eigenvalue weighted by Gasteiger charge is -2.08. The number of carbonyl (C=O) groups is 1. The van der Waals surface area contributed by atoms with Gasteiger partial charge in [0.15, 0.2) is 0 Å². The Morgan fingerprint density at radius 3 is 2.60 bits per heavy atom. The van der Waals surface area contributed by atoms with Crippen molar-refractivity contribution in [2.45, 2.75) is 6.61 Å². The van der Waals surface area contributed by atoms with Gasteiger partial charge < -0.3 is 14.6 Å². The van der Waals surface area contributed by atoms with Gasteiger partial charge in [0.2, 0.25) is 5.91 Å². The van der Waals surface area contributed by atoms with Crippen molar-refractivity contribution in [3.05, 3.63) is 98.6 Å². The maximum absolute atomic E-state index is 13.0. The summed E-state index contributed by atoms with van der Waals surface area (Å²) in [4.78, 5) is 36.0. The molecule has 1 N–H and O–H groups in total. The van der Waals surface area contributed by atoms with E-state index in [1.54, 1.807) is 36.4 Å². The molecule has 7 nitrogen and oxygen atoms in total. The van der Waals surface area contributed by atoms with Crippen LogP contribution in [0.2, 0.25) is 0 Å². The fraction of sp³-hybridized carbons (Fsp3) is 0.136. The molecule has 0 bridgehead atoms. The van der Waals surface area contributed by atoms with Gasteiger partial charge in [0.1, 0.15) is 18.2 Å². The molecule has 0 aliphatic heterocycles. The Balaban J connectivity index is 1.65. The number of aromatic nitrogens is 2. The van der Waals surface area contributed by atoms with E-state index in [0.29, 0.717) is 11.4 Å². The van der Waals surface area contributed by atoms with Gasteiger partial charge in [-0.15, -0.1) is 0 Å². The Bertz CT molecular complexity index is 1210. The zero-order valence-corrected chi connectivity index (χ0v) is 16.5. The second kappa shape index (κ2) is 9.04. The number of carbonyl (C=O) groups excluding carboxylic acids is 1. The molecular formula is C22H20FN3O4. The van der Waals surface area contributed by atoms with Crippen LogP contribution in [0.5, 0.6) is 5.75 Å². The lowest BCUT2D eigenvalue weighted by molar-refractivity contribution is -0.111. The number of anilines is 1. The highest BCUT2D eigenvalue weighted by atomic mass is 19.1. The second-order valence-electron chi connectivity index (χ2n) is 6.61. The summed E-state index contributed by atoms with van der Waals surface area (Å²) in [6, 6.07) is 12.8. The monoisotopic (exact) mass is 409 g/mol. The standard InChI is InChI=1S/C22H20FN3O4/c1-25-13-16(21(28)26(2)22(25)29)8-11-20(27)24-18-4-3-5-19(12-18)30-14-15-6-9-17(23)10-7-15/h3-13H,14H2,1-2H3,(H,24,27)/b11-8+. The first-order valence-electron chi connectivity index (χ1n) is 9.06. The molecule has 0 fully saturated rings. The van der Waals surface area contributed by atoms with Crippen LogP contribution >= 0.6 is 0 Å². The molecule has 0 spiro atoms. The van der Waals surface area contributed by atoms with E-state index in [4.69, 9.17) is 4.74 Å². The molecular weight excluding hydrogens is 389 g/mol. The van der Waals surface area contributed by atoms with Gasteiger partial charge in [-0.3, -0.25) is 14.2 Å². The first-order chi connectivity index (χ1) is 14.3. The van der Waals surface area contributed by atoms with Crippen molar-refractivity contribution in [3.8, 4) is 5.75 Å². The molecule has 0 aliphatic rings. The molecule has 0 atom stereocenters. The van der Waals surface area contributed by atoms with E-state index in [1.165, 1.54) is 49.1 Å². The average molecular weight is 409 g/mol. The number of hydrogen-bond donors (Lipinski definition) is 1. The largest absolute Gasteiger partial charge is 0.489 e.